The lowest BCUT2D eigenvalue weighted by Gasteiger charge is -2.17. The summed E-state index contributed by atoms with van der Waals surface area (Å²) < 4.78 is 5.65. The number of hydrogen-bond donors (Lipinski definition) is 0. The van der Waals surface area contributed by atoms with Crippen LogP contribution in [0.25, 0.3) is 0 Å². The highest BCUT2D eigenvalue weighted by Crippen LogP contribution is 2.22. The van der Waals surface area contributed by atoms with Crippen LogP contribution in [-0.2, 0) is 4.74 Å². The van der Waals surface area contributed by atoms with Gasteiger partial charge in [0.15, 0.2) is 0 Å². The lowest BCUT2D eigenvalue weighted by Crippen LogP contribution is -2.23. The average molecular weight is 290 g/mol. The molecule has 0 radical (unpaired) electrons. The first-order chi connectivity index (χ1) is 7.88. The Hall–Kier alpha value is 0.400. The van der Waals surface area contributed by atoms with Crippen LogP contribution < -0.4 is 0 Å². The Kier molecular flexibility index (Phi) is 5.60. The van der Waals surface area contributed by atoms with E-state index in [1.54, 1.807) is 0 Å². The van der Waals surface area contributed by atoms with E-state index >= 15 is 0 Å². The van der Waals surface area contributed by atoms with Crippen LogP contribution >= 0.6 is 15.9 Å². The van der Waals surface area contributed by atoms with Crippen LogP contribution in [0.15, 0.2) is 0 Å². The predicted molar refractivity (Wildman–Crippen MR) is 71.2 cm³/mol. The van der Waals surface area contributed by atoms with E-state index in [9.17, 15) is 0 Å². The number of nitrogens with zero attached hydrogens (tertiary/aromatic N) is 1. The highest BCUT2D eigenvalue weighted by molar-refractivity contribution is 9.09. The van der Waals surface area contributed by atoms with Gasteiger partial charge >= 0.3 is 0 Å². The standard InChI is InChI=1S/C13H24BrNO/c14-7-5-12-6-9-15(11-12)8-1-3-13-4-2-10-16-13/h12-13H,1-11H2. The minimum Gasteiger partial charge on any atom is -0.378 e. The molecule has 0 aromatic rings. The lowest BCUT2D eigenvalue weighted by molar-refractivity contribution is 0.0995. The fourth-order valence-electron chi connectivity index (χ4n) is 2.92. The molecule has 0 aromatic carbocycles. The van der Waals surface area contributed by atoms with Crippen molar-refractivity contribution in [1.82, 2.24) is 4.90 Å². The molecule has 2 unspecified atom stereocenters. The molecule has 2 nitrogen and oxygen atoms in total. The van der Waals surface area contributed by atoms with Crippen molar-refractivity contribution in [1.29, 1.82) is 0 Å². The highest BCUT2D eigenvalue weighted by atomic mass is 79.9. The molecule has 2 rings (SSSR count). The monoisotopic (exact) mass is 289 g/mol. The van der Waals surface area contributed by atoms with Crippen molar-refractivity contribution in [3.63, 3.8) is 0 Å². The van der Waals surface area contributed by atoms with Crippen LogP contribution in [-0.4, -0.2) is 42.6 Å². The summed E-state index contributed by atoms with van der Waals surface area (Å²) in [5.74, 6) is 0.946. The Morgan fingerprint density at radius 1 is 1.25 bits per heavy atom. The van der Waals surface area contributed by atoms with Gasteiger partial charge in [0.05, 0.1) is 6.10 Å². The van der Waals surface area contributed by atoms with Gasteiger partial charge in [-0.25, -0.2) is 0 Å². The van der Waals surface area contributed by atoms with Crippen LogP contribution in [0.2, 0.25) is 0 Å². The second kappa shape index (κ2) is 6.97. The third-order valence-electron chi connectivity index (χ3n) is 3.91. The summed E-state index contributed by atoms with van der Waals surface area (Å²) in [6, 6.07) is 0. The number of likely N-dealkylation sites (tertiary alicyclic amines) is 1. The molecular formula is C13H24BrNO. The van der Waals surface area contributed by atoms with Crippen molar-refractivity contribution in [2.75, 3.05) is 31.6 Å². The molecule has 0 aliphatic carbocycles. The first-order valence-corrected chi connectivity index (χ1v) is 7.90. The summed E-state index contributed by atoms with van der Waals surface area (Å²) in [5, 5.41) is 1.17. The van der Waals surface area contributed by atoms with Gasteiger partial charge in [-0.2, -0.15) is 0 Å². The largest absolute Gasteiger partial charge is 0.378 e. The van der Waals surface area contributed by atoms with E-state index in [1.165, 1.54) is 63.5 Å². The summed E-state index contributed by atoms with van der Waals surface area (Å²) in [7, 11) is 0. The predicted octanol–water partition coefficient (Wildman–Crippen LogP) is 3.05. The van der Waals surface area contributed by atoms with E-state index in [-0.39, 0.29) is 0 Å². The van der Waals surface area contributed by atoms with Gasteiger partial charge in [0.1, 0.15) is 0 Å². The Balaban J connectivity index is 1.53. The Labute approximate surface area is 108 Å². The third-order valence-corrected chi connectivity index (χ3v) is 4.37. The Morgan fingerprint density at radius 2 is 2.19 bits per heavy atom. The number of hydrogen-bond acceptors (Lipinski definition) is 2. The fraction of sp³-hybridized carbons (Fsp3) is 1.00. The molecule has 16 heavy (non-hydrogen) atoms. The molecule has 2 saturated heterocycles. The van der Waals surface area contributed by atoms with Crippen molar-refractivity contribution in [2.24, 2.45) is 5.92 Å². The molecule has 0 aromatic heterocycles. The third kappa shape index (κ3) is 4.01. The Morgan fingerprint density at radius 3 is 2.94 bits per heavy atom. The number of ether oxygens (including phenoxy) is 1. The molecule has 2 heterocycles. The van der Waals surface area contributed by atoms with Crippen LogP contribution in [0.1, 0.15) is 38.5 Å². The molecule has 2 aliphatic heterocycles. The van der Waals surface area contributed by atoms with Gasteiger partial charge in [0.2, 0.25) is 0 Å². The van der Waals surface area contributed by atoms with Crippen molar-refractivity contribution < 1.29 is 4.74 Å². The van der Waals surface area contributed by atoms with Gasteiger partial charge in [-0.1, -0.05) is 15.9 Å². The average Bonchev–Trinajstić information content (AvgIpc) is 2.90. The maximum Gasteiger partial charge on any atom is 0.0576 e. The maximum atomic E-state index is 5.65. The van der Waals surface area contributed by atoms with Gasteiger partial charge in [-0.05, 0) is 57.5 Å². The summed E-state index contributed by atoms with van der Waals surface area (Å²) in [6.07, 6.45) is 8.52. The minimum absolute atomic E-state index is 0.584. The van der Waals surface area contributed by atoms with E-state index in [0.29, 0.717) is 6.10 Å². The fourth-order valence-corrected chi connectivity index (χ4v) is 3.57. The van der Waals surface area contributed by atoms with Gasteiger partial charge in [-0.3, -0.25) is 0 Å². The zero-order chi connectivity index (χ0) is 11.2. The molecule has 94 valence electrons. The molecule has 0 N–H and O–H groups in total. The molecule has 2 fully saturated rings. The molecular weight excluding hydrogens is 266 g/mol. The Bertz CT molecular complexity index is 194. The number of rotatable bonds is 6. The van der Waals surface area contributed by atoms with Crippen LogP contribution in [0, 0.1) is 5.92 Å². The van der Waals surface area contributed by atoms with Gasteiger partial charge < -0.3 is 9.64 Å². The van der Waals surface area contributed by atoms with Crippen molar-refractivity contribution in [3.8, 4) is 0 Å². The van der Waals surface area contributed by atoms with Gasteiger partial charge in [0.25, 0.3) is 0 Å². The van der Waals surface area contributed by atoms with Crippen molar-refractivity contribution in [3.05, 3.63) is 0 Å². The van der Waals surface area contributed by atoms with Crippen molar-refractivity contribution >= 4 is 15.9 Å². The topological polar surface area (TPSA) is 12.5 Å². The second-order valence-corrected chi connectivity index (χ2v) is 6.00. The molecule has 3 heteroatoms. The summed E-state index contributed by atoms with van der Waals surface area (Å²) in [5.41, 5.74) is 0. The van der Waals surface area contributed by atoms with Gasteiger partial charge in [-0.15, -0.1) is 0 Å². The normalized spacial score (nSPS) is 31.3. The van der Waals surface area contributed by atoms with Crippen LogP contribution in [0.5, 0.6) is 0 Å². The first kappa shape index (κ1) is 12.8. The summed E-state index contributed by atoms with van der Waals surface area (Å²) in [4.78, 5) is 2.64. The van der Waals surface area contributed by atoms with Gasteiger partial charge in [0, 0.05) is 18.5 Å². The molecule has 0 amide bonds. The number of alkyl halides is 1. The number of halogens is 1. The smallest absolute Gasteiger partial charge is 0.0576 e. The molecule has 0 saturated carbocycles. The highest BCUT2D eigenvalue weighted by Gasteiger charge is 2.22. The lowest BCUT2D eigenvalue weighted by atomic mass is 10.1. The van der Waals surface area contributed by atoms with E-state index in [0.717, 1.165) is 12.5 Å². The first-order valence-electron chi connectivity index (χ1n) is 6.78. The molecule has 2 aliphatic rings. The van der Waals surface area contributed by atoms with E-state index in [2.05, 4.69) is 20.8 Å². The maximum absolute atomic E-state index is 5.65. The summed E-state index contributed by atoms with van der Waals surface area (Å²) in [6.45, 7) is 4.95. The molecule has 2 atom stereocenters. The summed E-state index contributed by atoms with van der Waals surface area (Å²) >= 11 is 3.54. The van der Waals surface area contributed by atoms with E-state index in [4.69, 9.17) is 4.74 Å². The van der Waals surface area contributed by atoms with Crippen molar-refractivity contribution in [2.45, 2.75) is 44.6 Å². The quantitative estimate of drug-likeness (QED) is 0.697. The minimum atomic E-state index is 0.584. The van der Waals surface area contributed by atoms with Crippen LogP contribution in [0.4, 0.5) is 0 Å². The molecule has 0 spiro atoms. The SMILES string of the molecule is BrCCC1CCN(CCCC2CCCO2)C1. The van der Waals surface area contributed by atoms with Crippen LogP contribution in [0.3, 0.4) is 0 Å². The zero-order valence-corrected chi connectivity index (χ0v) is 11.8. The second-order valence-electron chi connectivity index (χ2n) is 5.21. The molecule has 0 bridgehead atoms. The van der Waals surface area contributed by atoms with E-state index in [1.807, 2.05) is 0 Å². The van der Waals surface area contributed by atoms with E-state index < -0.39 is 0 Å². The zero-order valence-electron chi connectivity index (χ0n) is 10.2.